The largest absolute Gasteiger partial charge is 0.378 e. The number of carbonyl (C=O) groups excluding carboxylic acids is 1. The Morgan fingerprint density at radius 1 is 1.09 bits per heavy atom. The monoisotopic (exact) mass is 312 g/mol. The molecule has 0 spiro atoms. The van der Waals surface area contributed by atoms with Gasteiger partial charge in [0.15, 0.2) is 11.5 Å². The number of aromatic nitrogens is 2. The molecule has 6 heteroatoms. The van der Waals surface area contributed by atoms with E-state index in [2.05, 4.69) is 26.5 Å². The van der Waals surface area contributed by atoms with Gasteiger partial charge in [0, 0.05) is 18.8 Å². The van der Waals surface area contributed by atoms with Crippen LogP contribution in [0.25, 0.3) is 0 Å². The molecule has 1 aliphatic heterocycles. The summed E-state index contributed by atoms with van der Waals surface area (Å²) in [6, 6.07) is 9.46. The number of nitrogens with zero attached hydrogens (tertiary/aromatic N) is 3. The van der Waals surface area contributed by atoms with Crippen molar-refractivity contribution in [2.75, 3.05) is 36.5 Å². The molecule has 0 bridgehead atoms. The molecule has 3 rings (SSSR count). The molecule has 0 atom stereocenters. The molecular formula is C17H20N4O2. The molecule has 1 aromatic heterocycles. The van der Waals surface area contributed by atoms with E-state index in [1.165, 1.54) is 0 Å². The van der Waals surface area contributed by atoms with Crippen molar-refractivity contribution in [3.8, 4) is 0 Å². The lowest BCUT2D eigenvalue weighted by Gasteiger charge is -2.27. The van der Waals surface area contributed by atoms with Crippen LogP contribution in [0.5, 0.6) is 0 Å². The lowest BCUT2D eigenvalue weighted by Crippen LogP contribution is -2.37. The third-order valence-corrected chi connectivity index (χ3v) is 3.70. The second kappa shape index (κ2) is 6.75. The number of rotatable bonds is 3. The fourth-order valence-electron chi connectivity index (χ4n) is 2.65. The minimum absolute atomic E-state index is 0.254. The first-order valence-corrected chi connectivity index (χ1v) is 7.68. The molecule has 23 heavy (non-hydrogen) atoms. The first-order valence-electron chi connectivity index (χ1n) is 7.68. The molecule has 0 radical (unpaired) electrons. The van der Waals surface area contributed by atoms with E-state index < -0.39 is 0 Å². The van der Waals surface area contributed by atoms with Crippen molar-refractivity contribution in [3.05, 3.63) is 47.2 Å². The van der Waals surface area contributed by atoms with Gasteiger partial charge in [-0.05, 0) is 49.2 Å². The predicted molar refractivity (Wildman–Crippen MR) is 88.9 cm³/mol. The van der Waals surface area contributed by atoms with Crippen molar-refractivity contribution in [2.24, 2.45) is 0 Å². The third-order valence-electron chi connectivity index (χ3n) is 3.70. The van der Waals surface area contributed by atoms with Gasteiger partial charge in [-0.15, -0.1) is 10.2 Å². The van der Waals surface area contributed by atoms with Gasteiger partial charge in [-0.2, -0.15) is 0 Å². The number of morpholine rings is 1. The van der Waals surface area contributed by atoms with Gasteiger partial charge in [0.25, 0.3) is 5.91 Å². The van der Waals surface area contributed by atoms with E-state index in [0.29, 0.717) is 18.9 Å². The second-order valence-corrected chi connectivity index (χ2v) is 5.71. The minimum atomic E-state index is -0.254. The van der Waals surface area contributed by atoms with Crippen molar-refractivity contribution in [2.45, 2.75) is 13.8 Å². The summed E-state index contributed by atoms with van der Waals surface area (Å²) in [5.74, 6) is 0.521. The zero-order valence-electron chi connectivity index (χ0n) is 13.4. The average Bonchev–Trinajstić information content (AvgIpc) is 2.55. The molecular weight excluding hydrogens is 292 g/mol. The Bertz CT molecular complexity index is 674. The molecule has 1 aromatic carbocycles. The third kappa shape index (κ3) is 3.84. The Morgan fingerprint density at radius 2 is 1.78 bits per heavy atom. The Morgan fingerprint density at radius 3 is 2.39 bits per heavy atom. The van der Waals surface area contributed by atoms with Crippen molar-refractivity contribution < 1.29 is 9.53 Å². The maximum atomic E-state index is 12.3. The highest BCUT2D eigenvalue weighted by molar-refractivity contribution is 6.02. The minimum Gasteiger partial charge on any atom is -0.378 e. The number of aryl methyl sites for hydroxylation is 2. The number of benzene rings is 1. The van der Waals surface area contributed by atoms with E-state index in [4.69, 9.17) is 4.74 Å². The van der Waals surface area contributed by atoms with Gasteiger partial charge in [0.2, 0.25) is 0 Å². The molecule has 0 saturated carbocycles. The van der Waals surface area contributed by atoms with Crippen LogP contribution in [0.4, 0.5) is 11.5 Å². The highest BCUT2D eigenvalue weighted by atomic mass is 16.5. The Balaban J connectivity index is 1.69. The first kappa shape index (κ1) is 15.4. The number of hydrogen-bond donors (Lipinski definition) is 1. The molecule has 1 N–H and O–H groups in total. The van der Waals surface area contributed by atoms with Gasteiger partial charge >= 0.3 is 0 Å². The normalized spacial score (nSPS) is 14.6. The van der Waals surface area contributed by atoms with Crippen LogP contribution in [0.2, 0.25) is 0 Å². The van der Waals surface area contributed by atoms with Crippen LogP contribution in [0.1, 0.15) is 21.6 Å². The molecule has 0 aliphatic carbocycles. The fourth-order valence-corrected chi connectivity index (χ4v) is 2.65. The molecule has 1 aliphatic rings. The van der Waals surface area contributed by atoms with Crippen molar-refractivity contribution in [3.63, 3.8) is 0 Å². The lowest BCUT2D eigenvalue weighted by molar-refractivity contribution is 0.102. The Labute approximate surface area is 135 Å². The summed E-state index contributed by atoms with van der Waals surface area (Å²) >= 11 is 0. The zero-order valence-corrected chi connectivity index (χ0v) is 13.4. The van der Waals surface area contributed by atoms with Crippen LogP contribution >= 0.6 is 0 Å². The number of hydrogen-bond acceptors (Lipinski definition) is 5. The summed E-state index contributed by atoms with van der Waals surface area (Å²) in [5.41, 5.74) is 3.29. The van der Waals surface area contributed by atoms with Crippen molar-refractivity contribution in [1.82, 2.24) is 10.2 Å². The average molecular weight is 312 g/mol. The zero-order chi connectivity index (χ0) is 16.2. The predicted octanol–water partition coefficient (Wildman–Crippen LogP) is 2.18. The number of ether oxygens (including phenoxy) is 1. The SMILES string of the molecule is Cc1cc(C)cc(NC(=O)c2ccc(N3CCOCC3)nn2)c1. The topological polar surface area (TPSA) is 67.4 Å². The highest BCUT2D eigenvalue weighted by Crippen LogP contribution is 2.15. The molecule has 120 valence electrons. The molecule has 0 unspecified atom stereocenters. The summed E-state index contributed by atoms with van der Waals surface area (Å²) in [7, 11) is 0. The molecule has 2 heterocycles. The van der Waals surface area contributed by atoms with Crippen LogP contribution < -0.4 is 10.2 Å². The summed E-state index contributed by atoms with van der Waals surface area (Å²) in [4.78, 5) is 14.4. The fraction of sp³-hybridized carbons (Fsp3) is 0.353. The van der Waals surface area contributed by atoms with E-state index in [0.717, 1.165) is 35.7 Å². The van der Waals surface area contributed by atoms with Crippen LogP contribution in [0.3, 0.4) is 0 Å². The van der Waals surface area contributed by atoms with E-state index in [1.54, 1.807) is 6.07 Å². The molecule has 6 nitrogen and oxygen atoms in total. The summed E-state index contributed by atoms with van der Waals surface area (Å²) in [5, 5.41) is 11.1. The standard InChI is InChI=1S/C17H20N4O2/c1-12-9-13(2)11-14(10-12)18-17(22)15-3-4-16(20-19-15)21-5-7-23-8-6-21/h3-4,9-11H,5-8H2,1-2H3,(H,18,22). The lowest BCUT2D eigenvalue weighted by atomic mass is 10.1. The maximum Gasteiger partial charge on any atom is 0.276 e. The number of nitrogens with one attached hydrogen (secondary N) is 1. The van der Waals surface area contributed by atoms with E-state index in [-0.39, 0.29) is 5.91 Å². The van der Waals surface area contributed by atoms with E-state index >= 15 is 0 Å². The molecule has 1 fully saturated rings. The second-order valence-electron chi connectivity index (χ2n) is 5.71. The van der Waals surface area contributed by atoms with Gasteiger partial charge < -0.3 is 15.0 Å². The maximum absolute atomic E-state index is 12.3. The van der Waals surface area contributed by atoms with E-state index in [1.807, 2.05) is 32.0 Å². The van der Waals surface area contributed by atoms with Gasteiger partial charge in [0.05, 0.1) is 13.2 Å². The molecule has 1 amide bonds. The first-order chi connectivity index (χ1) is 11.1. The number of anilines is 2. The van der Waals surface area contributed by atoms with Gasteiger partial charge in [-0.25, -0.2) is 0 Å². The van der Waals surface area contributed by atoms with Gasteiger partial charge in [0.1, 0.15) is 0 Å². The number of carbonyl (C=O) groups is 1. The smallest absolute Gasteiger partial charge is 0.276 e. The molecule has 1 saturated heterocycles. The summed E-state index contributed by atoms with van der Waals surface area (Å²) in [6.07, 6.45) is 0. The van der Waals surface area contributed by atoms with Crippen molar-refractivity contribution >= 4 is 17.4 Å². The highest BCUT2D eigenvalue weighted by Gasteiger charge is 2.14. The quantitative estimate of drug-likeness (QED) is 0.941. The Kier molecular flexibility index (Phi) is 4.52. The van der Waals surface area contributed by atoms with Crippen LogP contribution in [-0.2, 0) is 4.74 Å². The summed E-state index contributed by atoms with van der Waals surface area (Å²) in [6.45, 7) is 6.97. The number of amides is 1. The van der Waals surface area contributed by atoms with E-state index in [9.17, 15) is 4.79 Å². The van der Waals surface area contributed by atoms with Crippen LogP contribution in [-0.4, -0.2) is 42.4 Å². The van der Waals surface area contributed by atoms with Gasteiger partial charge in [-0.1, -0.05) is 6.07 Å². The van der Waals surface area contributed by atoms with Gasteiger partial charge in [-0.3, -0.25) is 4.79 Å². The molecule has 2 aromatic rings. The summed E-state index contributed by atoms with van der Waals surface area (Å²) < 4.78 is 5.31. The van der Waals surface area contributed by atoms with Crippen LogP contribution in [0, 0.1) is 13.8 Å². The Hall–Kier alpha value is -2.47. The van der Waals surface area contributed by atoms with Crippen molar-refractivity contribution in [1.29, 1.82) is 0 Å². The van der Waals surface area contributed by atoms with Crippen LogP contribution in [0.15, 0.2) is 30.3 Å².